The predicted octanol–water partition coefficient (Wildman–Crippen LogP) is 4.36. The number of aliphatic imine (C=N–C) groups is 1. The van der Waals surface area contributed by atoms with Crippen molar-refractivity contribution in [2.45, 2.75) is 33.4 Å². The van der Waals surface area contributed by atoms with Gasteiger partial charge < -0.3 is 19.8 Å². The zero-order valence-corrected chi connectivity index (χ0v) is 17.8. The van der Waals surface area contributed by atoms with Crippen LogP contribution in [0, 0.1) is 0 Å². The fourth-order valence-corrected chi connectivity index (χ4v) is 3.78. The van der Waals surface area contributed by atoms with Gasteiger partial charge in [0.2, 0.25) is 0 Å². The summed E-state index contributed by atoms with van der Waals surface area (Å²) < 4.78 is 11.7. The highest BCUT2D eigenvalue weighted by Gasteiger charge is 2.22. The van der Waals surface area contributed by atoms with Gasteiger partial charge in [0.25, 0.3) is 0 Å². The number of aromatic amines is 1. The first kappa shape index (κ1) is 19.4. The van der Waals surface area contributed by atoms with Gasteiger partial charge >= 0.3 is 5.97 Å². The van der Waals surface area contributed by atoms with Crippen molar-refractivity contribution < 1.29 is 14.3 Å². The third-order valence-electron chi connectivity index (χ3n) is 4.36. The number of nitrogens with one attached hydrogen (secondary N) is 2. The van der Waals surface area contributed by atoms with Crippen molar-refractivity contribution in [3.63, 3.8) is 0 Å². The van der Waals surface area contributed by atoms with Gasteiger partial charge in [-0.05, 0) is 60.0 Å². The van der Waals surface area contributed by atoms with E-state index in [9.17, 15) is 4.79 Å². The number of hydrogen-bond donors (Lipinski definition) is 2. The highest BCUT2D eigenvalue weighted by molar-refractivity contribution is 9.10. The maximum Gasteiger partial charge on any atom is 0.355 e. The Morgan fingerprint density at radius 1 is 1.34 bits per heavy atom. The second kappa shape index (κ2) is 7.82. The standard InChI is InChI=1S/C20H20BrN5O3/c1-4-28-20(27)17-16(21)15-18(23-9-24-19(15)26-17)25-13-5-11-7-22-8-12(11)6-14(13)29-10(2)3/h5-7,9-10H,4,8H2,1-3H3,(H2,23,24,25,26). The lowest BCUT2D eigenvalue weighted by molar-refractivity contribution is 0.0519. The van der Waals surface area contributed by atoms with Crippen molar-refractivity contribution in [3.05, 3.63) is 39.8 Å². The van der Waals surface area contributed by atoms with Crippen LogP contribution in [0.1, 0.15) is 42.4 Å². The van der Waals surface area contributed by atoms with E-state index >= 15 is 0 Å². The molecule has 3 aromatic rings. The number of nitrogens with zero attached hydrogens (tertiary/aromatic N) is 3. The molecule has 2 N–H and O–H groups in total. The van der Waals surface area contributed by atoms with Crippen LogP contribution in [0.25, 0.3) is 11.0 Å². The van der Waals surface area contributed by atoms with Gasteiger partial charge in [0, 0.05) is 6.21 Å². The second-order valence-corrected chi connectivity index (χ2v) is 7.58. The van der Waals surface area contributed by atoms with E-state index in [1.54, 1.807) is 6.92 Å². The molecule has 0 spiro atoms. The summed E-state index contributed by atoms with van der Waals surface area (Å²) in [5.74, 6) is 0.798. The molecule has 0 amide bonds. The van der Waals surface area contributed by atoms with E-state index in [0.717, 1.165) is 16.8 Å². The number of halogens is 1. The zero-order chi connectivity index (χ0) is 20.5. The van der Waals surface area contributed by atoms with E-state index in [1.807, 2.05) is 32.2 Å². The van der Waals surface area contributed by atoms with E-state index in [4.69, 9.17) is 9.47 Å². The van der Waals surface area contributed by atoms with Gasteiger partial charge in [-0.15, -0.1) is 0 Å². The van der Waals surface area contributed by atoms with Crippen LogP contribution in [0.15, 0.2) is 27.9 Å². The lowest BCUT2D eigenvalue weighted by Gasteiger charge is -2.17. The summed E-state index contributed by atoms with van der Waals surface area (Å²) >= 11 is 3.49. The fourth-order valence-electron chi connectivity index (χ4n) is 3.14. The van der Waals surface area contributed by atoms with Gasteiger partial charge in [0.05, 0.1) is 34.8 Å². The van der Waals surface area contributed by atoms with Crippen molar-refractivity contribution in [1.29, 1.82) is 0 Å². The Kier molecular flexibility index (Phi) is 5.23. The number of fused-ring (bicyclic) bond motifs is 2. The van der Waals surface area contributed by atoms with Crippen molar-refractivity contribution >= 4 is 50.7 Å². The largest absolute Gasteiger partial charge is 0.489 e. The normalized spacial score (nSPS) is 12.4. The Morgan fingerprint density at radius 2 is 2.17 bits per heavy atom. The van der Waals surface area contributed by atoms with E-state index in [2.05, 4.69) is 41.2 Å². The second-order valence-electron chi connectivity index (χ2n) is 6.79. The van der Waals surface area contributed by atoms with Gasteiger partial charge in [-0.1, -0.05) is 0 Å². The molecule has 0 saturated heterocycles. The third-order valence-corrected chi connectivity index (χ3v) is 5.15. The number of carbonyl (C=O) groups excluding carboxylic acids is 1. The van der Waals surface area contributed by atoms with Gasteiger partial charge in [-0.25, -0.2) is 14.8 Å². The Bertz CT molecular complexity index is 1120. The molecule has 2 aromatic heterocycles. The Balaban J connectivity index is 1.78. The molecule has 29 heavy (non-hydrogen) atoms. The number of ether oxygens (including phenoxy) is 2. The predicted molar refractivity (Wildman–Crippen MR) is 114 cm³/mol. The van der Waals surface area contributed by atoms with Crippen LogP contribution in [-0.2, 0) is 11.3 Å². The van der Waals surface area contributed by atoms with E-state index in [1.165, 1.54) is 6.33 Å². The summed E-state index contributed by atoms with van der Waals surface area (Å²) in [5, 5.41) is 3.99. The number of H-pyrrole nitrogens is 1. The van der Waals surface area contributed by atoms with Crippen molar-refractivity contribution in [1.82, 2.24) is 15.0 Å². The molecule has 0 bridgehead atoms. The van der Waals surface area contributed by atoms with Crippen molar-refractivity contribution in [2.24, 2.45) is 4.99 Å². The molecule has 0 saturated carbocycles. The summed E-state index contributed by atoms with van der Waals surface area (Å²) in [7, 11) is 0. The number of esters is 1. The highest BCUT2D eigenvalue weighted by atomic mass is 79.9. The lowest BCUT2D eigenvalue weighted by atomic mass is 10.1. The quantitative estimate of drug-likeness (QED) is 0.533. The minimum absolute atomic E-state index is 0.00995. The maximum atomic E-state index is 12.2. The van der Waals surface area contributed by atoms with Gasteiger partial charge in [0.1, 0.15) is 29.2 Å². The fraction of sp³-hybridized carbons (Fsp3) is 0.300. The molecule has 1 aliphatic rings. The minimum atomic E-state index is -0.458. The first-order valence-electron chi connectivity index (χ1n) is 9.27. The van der Waals surface area contributed by atoms with Crippen molar-refractivity contribution in [3.8, 4) is 5.75 Å². The number of rotatable bonds is 6. The molecule has 0 unspecified atom stereocenters. The molecule has 1 aromatic carbocycles. The minimum Gasteiger partial charge on any atom is -0.489 e. The van der Waals surface area contributed by atoms with E-state index in [0.29, 0.717) is 39.3 Å². The summed E-state index contributed by atoms with van der Waals surface area (Å²) in [6.45, 7) is 6.64. The average molecular weight is 458 g/mol. The van der Waals surface area contributed by atoms with Crippen LogP contribution in [0.2, 0.25) is 0 Å². The highest BCUT2D eigenvalue weighted by Crippen LogP contribution is 2.37. The average Bonchev–Trinajstić information content (AvgIpc) is 3.26. The van der Waals surface area contributed by atoms with E-state index < -0.39 is 5.97 Å². The molecule has 0 radical (unpaired) electrons. The molecular formula is C20H20BrN5O3. The molecular weight excluding hydrogens is 438 g/mol. The summed E-state index contributed by atoms with van der Waals surface area (Å²) in [6.07, 6.45) is 3.29. The van der Waals surface area contributed by atoms with Crippen molar-refractivity contribution in [2.75, 3.05) is 11.9 Å². The number of benzene rings is 1. The van der Waals surface area contributed by atoms with Crippen LogP contribution in [0.3, 0.4) is 0 Å². The molecule has 0 atom stereocenters. The summed E-state index contributed by atoms with van der Waals surface area (Å²) in [5.41, 5.74) is 3.73. The summed E-state index contributed by atoms with van der Waals surface area (Å²) in [4.78, 5) is 28.2. The smallest absolute Gasteiger partial charge is 0.355 e. The molecule has 150 valence electrons. The van der Waals surface area contributed by atoms with Gasteiger partial charge in [-0.3, -0.25) is 4.99 Å². The SMILES string of the molecule is CCOC(=O)c1[nH]c2ncnc(Nc3cc4c(cc3OC(C)C)CN=C4)c2c1Br. The van der Waals surface area contributed by atoms with Crippen LogP contribution in [0.5, 0.6) is 5.75 Å². The Hall–Kier alpha value is -2.94. The molecule has 9 heteroatoms. The van der Waals surface area contributed by atoms with Gasteiger partial charge in [-0.2, -0.15) is 0 Å². The van der Waals surface area contributed by atoms with Crippen LogP contribution < -0.4 is 10.1 Å². The molecule has 0 aliphatic carbocycles. The molecule has 0 fully saturated rings. The van der Waals surface area contributed by atoms with Crippen LogP contribution in [-0.4, -0.2) is 39.8 Å². The number of carbonyl (C=O) groups is 1. The Labute approximate surface area is 175 Å². The molecule has 8 nitrogen and oxygen atoms in total. The molecule has 3 heterocycles. The number of hydrogen-bond acceptors (Lipinski definition) is 7. The zero-order valence-electron chi connectivity index (χ0n) is 16.2. The van der Waals surface area contributed by atoms with Crippen LogP contribution in [0.4, 0.5) is 11.5 Å². The summed E-state index contributed by atoms with van der Waals surface area (Å²) in [6, 6.07) is 3.99. The van der Waals surface area contributed by atoms with E-state index in [-0.39, 0.29) is 12.7 Å². The van der Waals surface area contributed by atoms with Gasteiger partial charge in [0.15, 0.2) is 0 Å². The maximum absolute atomic E-state index is 12.2. The monoisotopic (exact) mass is 457 g/mol. The lowest BCUT2D eigenvalue weighted by Crippen LogP contribution is -2.09. The number of aromatic nitrogens is 3. The number of anilines is 2. The third kappa shape index (κ3) is 3.69. The Morgan fingerprint density at radius 3 is 2.93 bits per heavy atom. The topological polar surface area (TPSA) is 101 Å². The van der Waals surface area contributed by atoms with Crippen LogP contribution >= 0.6 is 15.9 Å². The first-order chi connectivity index (χ1) is 14.0. The molecule has 4 rings (SSSR count). The first-order valence-corrected chi connectivity index (χ1v) is 10.1. The molecule has 1 aliphatic heterocycles.